The number of nitriles is 1. The number of carbonyl (C=O) groups excluding carboxylic acids is 1. The number of hydrogen-bond acceptors (Lipinski definition) is 8. The largest absolute Gasteiger partial charge is 0.387 e. The molecular weight excluding hydrogens is 406 g/mol. The first-order valence-electron chi connectivity index (χ1n) is 10.7. The molecule has 0 aromatic heterocycles. The van der Waals surface area contributed by atoms with Crippen LogP contribution in [0.15, 0.2) is 0 Å². The summed E-state index contributed by atoms with van der Waals surface area (Å²) in [6, 6.07) is 2.01. The van der Waals surface area contributed by atoms with Crippen molar-refractivity contribution in [2.24, 2.45) is 11.8 Å². The third kappa shape index (κ3) is 4.79. The molecule has 2 heterocycles. The molecule has 9 heteroatoms. The Labute approximate surface area is 184 Å². The predicted molar refractivity (Wildman–Crippen MR) is 116 cm³/mol. The van der Waals surface area contributed by atoms with Gasteiger partial charge >= 0.3 is 0 Å². The van der Waals surface area contributed by atoms with Gasteiger partial charge < -0.3 is 30.3 Å². The zero-order chi connectivity index (χ0) is 22.6. The molecule has 30 heavy (non-hydrogen) atoms. The number of likely N-dealkylation sites (tertiary alicyclic amines) is 1. The van der Waals surface area contributed by atoms with E-state index in [4.69, 9.17) is 4.74 Å². The number of thioether (sulfide) groups is 1. The van der Waals surface area contributed by atoms with Gasteiger partial charge in [-0.15, -0.1) is 11.8 Å². The molecule has 0 aliphatic carbocycles. The van der Waals surface area contributed by atoms with Gasteiger partial charge in [-0.2, -0.15) is 5.26 Å². The molecule has 1 amide bonds. The number of hydrogen-bond donors (Lipinski definition) is 4. The Kier molecular flexibility index (Phi) is 8.98. The minimum absolute atomic E-state index is 0.151. The average Bonchev–Trinajstić information content (AvgIpc) is 3.05. The van der Waals surface area contributed by atoms with Gasteiger partial charge in [0.15, 0.2) is 0 Å². The maximum Gasteiger partial charge on any atom is 0.217 e. The molecule has 172 valence electrons. The van der Waals surface area contributed by atoms with Crippen molar-refractivity contribution < 1.29 is 24.9 Å². The van der Waals surface area contributed by atoms with E-state index in [1.807, 2.05) is 14.0 Å². The molecule has 9 atom stereocenters. The summed E-state index contributed by atoms with van der Waals surface area (Å²) in [5.41, 5.74) is -1.86. The number of ether oxygens (including phenoxy) is 1. The molecule has 0 bridgehead atoms. The Balaban J connectivity index is 2.59. The third-order valence-corrected chi connectivity index (χ3v) is 7.62. The summed E-state index contributed by atoms with van der Waals surface area (Å²) in [5, 5.41) is 44.5. The summed E-state index contributed by atoms with van der Waals surface area (Å²) in [5.74, 6) is -0.215. The lowest BCUT2D eigenvalue weighted by atomic mass is 9.68. The van der Waals surface area contributed by atoms with Crippen LogP contribution in [-0.2, 0) is 9.53 Å². The van der Waals surface area contributed by atoms with E-state index in [0.717, 1.165) is 25.8 Å². The van der Waals surface area contributed by atoms with Crippen molar-refractivity contribution in [1.82, 2.24) is 10.2 Å². The molecular formula is C21H37N3O5S. The van der Waals surface area contributed by atoms with Crippen LogP contribution in [-0.4, -0.2) is 87.4 Å². The summed E-state index contributed by atoms with van der Waals surface area (Å²) < 4.78 is 6.17. The van der Waals surface area contributed by atoms with E-state index in [1.54, 1.807) is 6.26 Å². The summed E-state index contributed by atoms with van der Waals surface area (Å²) >= 11 is 1.24. The van der Waals surface area contributed by atoms with Gasteiger partial charge in [-0.1, -0.05) is 20.3 Å². The normalized spacial score (nSPS) is 37.9. The Bertz CT molecular complexity index is 630. The highest BCUT2D eigenvalue weighted by molar-refractivity contribution is 7.99. The quantitative estimate of drug-likeness (QED) is 0.432. The molecule has 0 radical (unpaired) electrons. The lowest BCUT2D eigenvalue weighted by molar-refractivity contribution is -0.230. The van der Waals surface area contributed by atoms with Crippen molar-refractivity contribution in [3.63, 3.8) is 0 Å². The number of carbonyl (C=O) groups is 1. The third-order valence-electron chi connectivity index (χ3n) is 6.76. The molecule has 0 spiro atoms. The summed E-state index contributed by atoms with van der Waals surface area (Å²) in [4.78, 5) is 14.6. The Morgan fingerprint density at radius 1 is 1.37 bits per heavy atom. The first-order chi connectivity index (χ1) is 14.1. The van der Waals surface area contributed by atoms with Gasteiger partial charge in [-0.05, 0) is 38.0 Å². The second-order valence-corrected chi connectivity index (χ2v) is 9.79. The molecule has 8 nitrogen and oxygen atoms in total. The second kappa shape index (κ2) is 10.6. The molecule has 2 saturated heterocycles. The van der Waals surface area contributed by atoms with Crippen LogP contribution in [0.3, 0.4) is 0 Å². The van der Waals surface area contributed by atoms with Crippen LogP contribution < -0.4 is 5.32 Å². The van der Waals surface area contributed by atoms with Gasteiger partial charge in [-0.3, -0.25) is 4.79 Å². The fraction of sp³-hybridized carbons (Fsp3) is 0.905. The second-order valence-electron chi connectivity index (χ2n) is 8.86. The van der Waals surface area contributed by atoms with Crippen LogP contribution in [0.25, 0.3) is 0 Å². The van der Waals surface area contributed by atoms with Gasteiger partial charge in [0.1, 0.15) is 29.9 Å². The van der Waals surface area contributed by atoms with Crippen molar-refractivity contribution in [3.8, 4) is 6.07 Å². The first-order valence-corrected chi connectivity index (χ1v) is 12.0. The predicted octanol–water partition coefficient (Wildman–Crippen LogP) is 0.702. The molecule has 2 fully saturated rings. The van der Waals surface area contributed by atoms with Crippen LogP contribution in [0.4, 0.5) is 0 Å². The fourth-order valence-electron chi connectivity index (χ4n) is 5.41. The van der Waals surface area contributed by atoms with E-state index in [2.05, 4.69) is 23.2 Å². The zero-order valence-electron chi connectivity index (χ0n) is 18.6. The molecule has 0 aromatic rings. The van der Waals surface area contributed by atoms with E-state index in [9.17, 15) is 25.4 Å². The van der Waals surface area contributed by atoms with Crippen molar-refractivity contribution in [2.75, 3.05) is 19.8 Å². The lowest BCUT2D eigenvalue weighted by Gasteiger charge is -2.55. The van der Waals surface area contributed by atoms with Crippen LogP contribution in [0, 0.1) is 23.2 Å². The first kappa shape index (κ1) is 25.4. The minimum atomic E-state index is -1.42. The Morgan fingerprint density at radius 2 is 2.03 bits per heavy atom. The molecule has 2 rings (SSSR count). The zero-order valence-corrected chi connectivity index (χ0v) is 19.4. The van der Waals surface area contributed by atoms with E-state index in [-0.39, 0.29) is 24.3 Å². The van der Waals surface area contributed by atoms with Crippen molar-refractivity contribution in [3.05, 3.63) is 0 Å². The Morgan fingerprint density at radius 3 is 2.57 bits per heavy atom. The number of likely N-dealkylation sites (N-methyl/N-ethyl adjacent to an activating group) is 1. The van der Waals surface area contributed by atoms with Gasteiger partial charge in [0.2, 0.25) is 5.91 Å². The molecule has 2 aliphatic rings. The minimum Gasteiger partial charge on any atom is -0.387 e. The van der Waals surface area contributed by atoms with E-state index in [0.29, 0.717) is 5.92 Å². The molecule has 4 N–H and O–H groups in total. The van der Waals surface area contributed by atoms with Crippen molar-refractivity contribution >= 4 is 17.7 Å². The summed E-state index contributed by atoms with van der Waals surface area (Å²) in [6.45, 7) is 6.28. The summed E-state index contributed by atoms with van der Waals surface area (Å²) in [6.07, 6.45) is -0.256. The SMILES string of the molecule is CCCC1CC(C(NC(C)=O)(C(C)CC#N)C2OC(SC)C(O)C(O)C2O)N(C)C1. The van der Waals surface area contributed by atoms with Gasteiger partial charge in [0.25, 0.3) is 0 Å². The van der Waals surface area contributed by atoms with E-state index in [1.165, 1.54) is 18.7 Å². The maximum atomic E-state index is 12.4. The van der Waals surface area contributed by atoms with Crippen molar-refractivity contribution in [1.29, 1.82) is 5.26 Å². The lowest BCUT2D eigenvalue weighted by Crippen LogP contribution is -2.76. The average molecular weight is 444 g/mol. The van der Waals surface area contributed by atoms with Gasteiger partial charge in [-0.25, -0.2) is 0 Å². The van der Waals surface area contributed by atoms with Gasteiger partial charge in [0, 0.05) is 25.9 Å². The molecule has 0 saturated carbocycles. The number of rotatable bonds is 8. The number of amides is 1. The highest BCUT2D eigenvalue weighted by Gasteiger charge is 2.60. The highest BCUT2D eigenvalue weighted by atomic mass is 32.2. The van der Waals surface area contributed by atoms with Crippen LogP contribution >= 0.6 is 11.8 Å². The molecule has 9 unspecified atom stereocenters. The van der Waals surface area contributed by atoms with Crippen molar-refractivity contribution in [2.45, 2.75) is 87.9 Å². The van der Waals surface area contributed by atoms with Gasteiger partial charge in [0.05, 0.1) is 11.6 Å². The number of nitrogens with one attached hydrogen (secondary N) is 1. The summed E-state index contributed by atoms with van der Waals surface area (Å²) in [7, 11) is 1.99. The number of aliphatic hydroxyl groups is 3. The Hall–Kier alpha value is -0.890. The monoisotopic (exact) mass is 443 g/mol. The molecule has 0 aromatic carbocycles. The van der Waals surface area contributed by atoms with E-state index >= 15 is 0 Å². The highest BCUT2D eigenvalue weighted by Crippen LogP contribution is 2.44. The number of aliphatic hydroxyl groups excluding tert-OH is 3. The number of nitrogens with zero attached hydrogens (tertiary/aromatic N) is 2. The standard InChI is InChI=1S/C21H37N3O5S/c1-6-7-14-10-15(24(4)11-14)21(23-13(3)25,12(2)8-9-22)19-17(27)16(26)18(28)20(29-19)30-5/h12,14-20,26-28H,6-8,10-11H2,1-5H3,(H,23,25). The van der Waals surface area contributed by atoms with Crippen LogP contribution in [0.1, 0.15) is 46.5 Å². The van der Waals surface area contributed by atoms with Crippen LogP contribution in [0.5, 0.6) is 0 Å². The van der Waals surface area contributed by atoms with Crippen LogP contribution in [0.2, 0.25) is 0 Å². The fourth-order valence-corrected chi connectivity index (χ4v) is 6.08. The van der Waals surface area contributed by atoms with E-state index < -0.39 is 35.4 Å². The maximum absolute atomic E-state index is 12.4. The smallest absolute Gasteiger partial charge is 0.217 e. The topological polar surface area (TPSA) is 126 Å². The molecule has 2 aliphatic heterocycles.